The van der Waals surface area contributed by atoms with Crippen LogP contribution in [0, 0.1) is 11.8 Å². The summed E-state index contributed by atoms with van der Waals surface area (Å²) < 4.78 is 23.1. The molecule has 6 heteroatoms. The Morgan fingerprint density at radius 1 is 1.15 bits per heavy atom. The Bertz CT molecular complexity index is 471. The molecule has 3 fully saturated rings. The number of sulfone groups is 1. The van der Waals surface area contributed by atoms with E-state index in [4.69, 9.17) is 0 Å². The van der Waals surface area contributed by atoms with Gasteiger partial charge in [-0.3, -0.25) is 4.79 Å². The maximum Gasteiger partial charge on any atom is 0.226 e. The monoisotopic (exact) mass is 300 g/mol. The van der Waals surface area contributed by atoms with Crippen molar-refractivity contribution >= 4 is 15.7 Å². The van der Waals surface area contributed by atoms with Crippen molar-refractivity contribution in [1.29, 1.82) is 0 Å². The molecule has 0 aliphatic carbocycles. The van der Waals surface area contributed by atoms with E-state index in [0.717, 1.165) is 32.5 Å². The Labute approximate surface area is 121 Å². The Morgan fingerprint density at radius 2 is 2.00 bits per heavy atom. The first-order valence-corrected chi connectivity index (χ1v) is 9.60. The van der Waals surface area contributed by atoms with Crippen molar-refractivity contribution in [3.8, 4) is 0 Å². The van der Waals surface area contributed by atoms with Gasteiger partial charge in [-0.25, -0.2) is 8.42 Å². The molecule has 5 nitrogen and oxygen atoms in total. The lowest BCUT2D eigenvalue weighted by Gasteiger charge is -2.35. The van der Waals surface area contributed by atoms with Gasteiger partial charge in [0.25, 0.3) is 0 Å². The lowest BCUT2D eigenvalue weighted by Crippen LogP contribution is -2.47. The third-order valence-corrected chi connectivity index (χ3v) is 6.81. The zero-order valence-electron chi connectivity index (χ0n) is 11.9. The van der Waals surface area contributed by atoms with Gasteiger partial charge in [-0.15, -0.1) is 0 Å². The first-order chi connectivity index (χ1) is 9.57. The summed E-state index contributed by atoms with van der Waals surface area (Å²) in [5, 5.41) is 3.42. The summed E-state index contributed by atoms with van der Waals surface area (Å²) in [7, 11) is -2.97. The van der Waals surface area contributed by atoms with Gasteiger partial charge in [-0.05, 0) is 51.1 Å². The minimum atomic E-state index is -2.97. The Hall–Kier alpha value is -0.620. The number of hydrogen-bond acceptors (Lipinski definition) is 4. The SMILES string of the molecule is O=C(C1CCS(=O)(=O)C1)N1CCCC1C1CCCNC1. The molecular weight excluding hydrogens is 276 g/mol. The van der Waals surface area contributed by atoms with E-state index < -0.39 is 9.84 Å². The molecule has 3 rings (SSSR count). The molecule has 0 saturated carbocycles. The maximum atomic E-state index is 12.6. The highest BCUT2D eigenvalue weighted by Gasteiger charge is 2.41. The second kappa shape index (κ2) is 5.64. The summed E-state index contributed by atoms with van der Waals surface area (Å²) in [5.74, 6) is 0.620. The molecule has 1 amide bonds. The molecule has 0 radical (unpaired) electrons. The molecule has 114 valence electrons. The van der Waals surface area contributed by atoms with Gasteiger partial charge < -0.3 is 10.2 Å². The number of rotatable bonds is 2. The second-order valence-electron chi connectivity index (χ2n) is 6.45. The van der Waals surface area contributed by atoms with E-state index in [1.165, 1.54) is 12.8 Å². The highest BCUT2D eigenvalue weighted by Crippen LogP contribution is 2.31. The molecule has 3 aliphatic rings. The molecule has 3 atom stereocenters. The van der Waals surface area contributed by atoms with E-state index in [1.807, 2.05) is 4.90 Å². The normalized spacial score (nSPS) is 37.2. The van der Waals surface area contributed by atoms with Crippen molar-refractivity contribution in [3.05, 3.63) is 0 Å². The molecule has 3 unspecified atom stereocenters. The number of piperidine rings is 1. The van der Waals surface area contributed by atoms with Crippen molar-refractivity contribution < 1.29 is 13.2 Å². The quantitative estimate of drug-likeness (QED) is 0.802. The van der Waals surface area contributed by atoms with E-state index in [1.54, 1.807) is 0 Å². The number of carbonyl (C=O) groups excluding carboxylic acids is 1. The van der Waals surface area contributed by atoms with Crippen LogP contribution in [-0.2, 0) is 14.6 Å². The highest BCUT2D eigenvalue weighted by molar-refractivity contribution is 7.91. The molecule has 0 aromatic heterocycles. The molecule has 20 heavy (non-hydrogen) atoms. The molecule has 0 spiro atoms. The topological polar surface area (TPSA) is 66.5 Å². The van der Waals surface area contributed by atoms with Gasteiger partial charge in [-0.1, -0.05) is 0 Å². The van der Waals surface area contributed by atoms with Crippen LogP contribution < -0.4 is 5.32 Å². The fourth-order valence-corrected chi connectivity index (χ4v) is 5.72. The Kier molecular flexibility index (Phi) is 4.04. The van der Waals surface area contributed by atoms with Gasteiger partial charge in [0.1, 0.15) is 0 Å². The molecule has 0 bridgehead atoms. The van der Waals surface area contributed by atoms with Gasteiger partial charge in [0.05, 0.1) is 17.4 Å². The van der Waals surface area contributed by atoms with Crippen LogP contribution in [-0.4, -0.2) is 56.4 Å². The van der Waals surface area contributed by atoms with E-state index in [-0.39, 0.29) is 23.3 Å². The van der Waals surface area contributed by atoms with Gasteiger partial charge in [0, 0.05) is 12.6 Å². The molecule has 0 aromatic carbocycles. The van der Waals surface area contributed by atoms with Crippen LogP contribution in [0.4, 0.5) is 0 Å². The molecular formula is C14H24N2O3S. The standard InChI is InChI=1S/C14H24N2O3S/c17-14(12-5-8-20(18,19)10-12)16-7-2-4-13(16)11-3-1-6-15-9-11/h11-13,15H,1-10H2. The minimum Gasteiger partial charge on any atom is -0.339 e. The first-order valence-electron chi connectivity index (χ1n) is 7.78. The number of hydrogen-bond donors (Lipinski definition) is 1. The van der Waals surface area contributed by atoms with Crippen LogP contribution >= 0.6 is 0 Å². The first kappa shape index (κ1) is 14.3. The second-order valence-corrected chi connectivity index (χ2v) is 8.68. The molecule has 1 N–H and O–H groups in total. The number of nitrogens with zero attached hydrogens (tertiary/aromatic N) is 1. The van der Waals surface area contributed by atoms with Gasteiger partial charge >= 0.3 is 0 Å². The van der Waals surface area contributed by atoms with Crippen LogP contribution in [0.5, 0.6) is 0 Å². The van der Waals surface area contributed by atoms with Gasteiger partial charge in [-0.2, -0.15) is 0 Å². The average molecular weight is 300 g/mol. The van der Waals surface area contributed by atoms with Crippen molar-refractivity contribution in [2.24, 2.45) is 11.8 Å². The zero-order valence-corrected chi connectivity index (χ0v) is 12.7. The number of likely N-dealkylation sites (tertiary alicyclic amines) is 1. The Balaban J connectivity index is 1.67. The average Bonchev–Trinajstić information content (AvgIpc) is 3.05. The van der Waals surface area contributed by atoms with E-state index in [2.05, 4.69) is 5.32 Å². The maximum absolute atomic E-state index is 12.6. The summed E-state index contributed by atoms with van der Waals surface area (Å²) in [6.45, 7) is 2.89. The molecule has 3 aliphatic heterocycles. The largest absolute Gasteiger partial charge is 0.339 e. The van der Waals surface area contributed by atoms with Gasteiger partial charge in [0.2, 0.25) is 5.91 Å². The highest BCUT2D eigenvalue weighted by atomic mass is 32.2. The third kappa shape index (κ3) is 2.86. The smallest absolute Gasteiger partial charge is 0.226 e. The van der Waals surface area contributed by atoms with Crippen LogP contribution in [0.1, 0.15) is 32.1 Å². The van der Waals surface area contributed by atoms with E-state index >= 15 is 0 Å². The molecule has 0 aromatic rings. The van der Waals surface area contributed by atoms with Crippen LogP contribution in [0.15, 0.2) is 0 Å². The fraction of sp³-hybridized carbons (Fsp3) is 0.929. The number of nitrogens with one attached hydrogen (secondary N) is 1. The summed E-state index contributed by atoms with van der Waals surface area (Å²) in [6, 6.07) is 0.332. The van der Waals surface area contributed by atoms with Crippen molar-refractivity contribution in [1.82, 2.24) is 10.2 Å². The predicted molar refractivity (Wildman–Crippen MR) is 77.1 cm³/mol. The van der Waals surface area contributed by atoms with Crippen LogP contribution in [0.3, 0.4) is 0 Å². The predicted octanol–water partition coefficient (Wildman–Crippen LogP) is 0.412. The van der Waals surface area contributed by atoms with E-state index in [0.29, 0.717) is 18.4 Å². The van der Waals surface area contributed by atoms with E-state index in [9.17, 15) is 13.2 Å². The molecule has 3 saturated heterocycles. The summed E-state index contributed by atoms with van der Waals surface area (Å²) in [5.41, 5.74) is 0. The van der Waals surface area contributed by atoms with Crippen molar-refractivity contribution in [2.75, 3.05) is 31.1 Å². The van der Waals surface area contributed by atoms with Crippen molar-refractivity contribution in [2.45, 2.75) is 38.1 Å². The lowest BCUT2D eigenvalue weighted by molar-refractivity contribution is -0.136. The Morgan fingerprint density at radius 3 is 2.65 bits per heavy atom. The summed E-state index contributed by atoms with van der Waals surface area (Å²) in [4.78, 5) is 14.6. The van der Waals surface area contributed by atoms with Crippen molar-refractivity contribution in [3.63, 3.8) is 0 Å². The molecule has 3 heterocycles. The lowest BCUT2D eigenvalue weighted by atomic mass is 9.89. The minimum absolute atomic E-state index is 0.0674. The number of amides is 1. The van der Waals surface area contributed by atoms with Crippen LogP contribution in [0.2, 0.25) is 0 Å². The summed E-state index contributed by atoms with van der Waals surface area (Å²) in [6.07, 6.45) is 5.03. The fourth-order valence-electron chi connectivity index (χ4n) is 3.99. The van der Waals surface area contributed by atoms with Gasteiger partial charge in [0.15, 0.2) is 9.84 Å². The third-order valence-electron chi connectivity index (χ3n) is 5.04. The summed E-state index contributed by atoms with van der Waals surface area (Å²) >= 11 is 0. The zero-order chi connectivity index (χ0) is 14.2. The number of carbonyl (C=O) groups is 1. The van der Waals surface area contributed by atoms with Crippen LogP contribution in [0.25, 0.3) is 0 Å².